The van der Waals surface area contributed by atoms with E-state index in [4.69, 9.17) is 10.5 Å². The van der Waals surface area contributed by atoms with Crippen LogP contribution in [0.2, 0.25) is 0 Å². The third-order valence-electron chi connectivity index (χ3n) is 5.31. The normalized spacial score (nSPS) is 12.0. The maximum atomic E-state index is 12.8. The molecule has 0 radical (unpaired) electrons. The SMILES string of the molecule is NC(=O)c1ccc(N(CC(=O)O)C(=O)OCC2c3ccccc3-c3ccccc32)cc1. The lowest BCUT2D eigenvalue weighted by Crippen LogP contribution is -2.36. The van der Waals surface area contributed by atoms with Crippen molar-refractivity contribution in [1.82, 2.24) is 0 Å². The van der Waals surface area contributed by atoms with Crippen molar-refractivity contribution >= 4 is 23.7 Å². The molecule has 0 saturated carbocycles. The second-order valence-electron chi connectivity index (χ2n) is 7.20. The topological polar surface area (TPSA) is 110 Å². The first kappa shape index (κ1) is 20.2. The number of carbonyl (C=O) groups is 3. The average molecular weight is 416 g/mol. The molecular formula is C24H20N2O5. The Bertz CT molecular complexity index is 1110. The summed E-state index contributed by atoms with van der Waals surface area (Å²) in [6.07, 6.45) is -0.781. The molecule has 3 N–H and O–H groups in total. The van der Waals surface area contributed by atoms with Crippen molar-refractivity contribution in [3.05, 3.63) is 89.5 Å². The van der Waals surface area contributed by atoms with Crippen LogP contribution in [0.1, 0.15) is 27.4 Å². The minimum Gasteiger partial charge on any atom is -0.480 e. The number of nitrogens with zero attached hydrogens (tertiary/aromatic N) is 1. The molecule has 1 aliphatic carbocycles. The van der Waals surface area contributed by atoms with Gasteiger partial charge in [-0.25, -0.2) is 4.79 Å². The first-order chi connectivity index (χ1) is 15.0. The van der Waals surface area contributed by atoms with Gasteiger partial charge in [-0.3, -0.25) is 14.5 Å². The van der Waals surface area contributed by atoms with E-state index in [1.807, 2.05) is 48.5 Å². The fraction of sp³-hybridized carbons (Fsp3) is 0.125. The van der Waals surface area contributed by atoms with Gasteiger partial charge < -0.3 is 15.6 Å². The summed E-state index contributed by atoms with van der Waals surface area (Å²) in [5.41, 5.74) is 10.1. The Hall–Kier alpha value is -4.13. The molecule has 0 fully saturated rings. The van der Waals surface area contributed by atoms with Gasteiger partial charge in [-0.15, -0.1) is 0 Å². The summed E-state index contributed by atoms with van der Waals surface area (Å²) in [6.45, 7) is -0.505. The molecule has 0 atom stereocenters. The number of carbonyl (C=O) groups excluding carboxylic acids is 2. The lowest BCUT2D eigenvalue weighted by atomic mass is 9.98. The summed E-state index contributed by atoms with van der Waals surface area (Å²) < 4.78 is 5.57. The van der Waals surface area contributed by atoms with Gasteiger partial charge in [0.2, 0.25) is 5.91 Å². The number of carboxylic acid groups (broad SMARTS) is 1. The van der Waals surface area contributed by atoms with E-state index in [0.29, 0.717) is 5.69 Å². The first-order valence-electron chi connectivity index (χ1n) is 9.70. The van der Waals surface area contributed by atoms with Crippen LogP contribution in [0.3, 0.4) is 0 Å². The Labute approximate surface area is 178 Å². The first-order valence-corrected chi connectivity index (χ1v) is 9.70. The second kappa shape index (κ2) is 8.31. The molecule has 0 heterocycles. The molecular weight excluding hydrogens is 396 g/mol. The monoisotopic (exact) mass is 416 g/mol. The standard InChI is InChI=1S/C24H20N2O5/c25-23(29)15-9-11-16(12-10-15)26(13-22(27)28)24(30)31-14-21-19-7-3-1-5-17(19)18-6-2-4-8-20(18)21/h1-12,21H,13-14H2,(H2,25,29)(H,27,28). The smallest absolute Gasteiger partial charge is 0.414 e. The predicted molar refractivity (Wildman–Crippen MR) is 115 cm³/mol. The van der Waals surface area contributed by atoms with Crippen molar-refractivity contribution in [1.29, 1.82) is 0 Å². The van der Waals surface area contributed by atoms with Crippen molar-refractivity contribution in [3.8, 4) is 11.1 Å². The van der Waals surface area contributed by atoms with Gasteiger partial charge in [0, 0.05) is 17.2 Å². The highest BCUT2D eigenvalue weighted by molar-refractivity contribution is 5.96. The summed E-state index contributed by atoms with van der Waals surface area (Å²) in [6, 6.07) is 21.7. The predicted octanol–water partition coefficient (Wildman–Crippen LogP) is 3.63. The number of aliphatic carboxylic acids is 1. The molecule has 0 saturated heterocycles. The van der Waals surface area contributed by atoms with Gasteiger partial charge in [-0.05, 0) is 46.5 Å². The van der Waals surface area contributed by atoms with E-state index in [0.717, 1.165) is 27.2 Å². The van der Waals surface area contributed by atoms with Crippen LogP contribution in [0.15, 0.2) is 72.8 Å². The highest BCUT2D eigenvalue weighted by Gasteiger charge is 2.30. The maximum Gasteiger partial charge on any atom is 0.414 e. The van der Waals surface area contributed by atoms with Crippen molar-refractivity contribution in [2.75, 3.05) is 18.1 Å². The van der Waals surface area contributed by atoms with E-state index >= 15 is 0 Å². The van der Waals surface area contributed by atoms with E-state index in [-0.39, 0.29) is 18.1 Å². The summed E-state index contributed by atoms with van der Waals surface area (Å²) in [5.74, 6) is -1.94. The Balaban J connectivity index is 1.56. The quantitative estimate of drug-likeness (QED) is 0.638. The number of primary amides is 1. The molecule has 0 bridgehead atoms. The van der Waals surface area contributed by atoms with Crippen LogP contribution in [-0.2, 0) is 9.53 Å². The van der Waals surface area contributed by atoms with Gasteiger partial charge in [0.05, 0.1) is 0 Å². The van der Waals surface area contributed by atoms with Crippen LogP contribution in [0, 0.1) is 0 Å². The van der Waals surface area contributed by atoms with Gasteiger partial charge in [-0.2, -0.15) is 0 Å². The van der Waals surface area contributed by atoms with Gasteiger partial charge in [0.15, 0.2) is 0 Å². The summed E-state index contributed by atoms with van der Waals surface area (Å²) in [4.78, 5) is 36.4. The fourth-order valence-electron chi connectivity index (χ4n) is 3.87. The van der Waals surface area contributed by atoms with Crippen LogP contribution in [0.4, 0.5) is 10.5 Å². The minimum absolute atomic E-state index is 0.0718. The summed E-state index contributed by atoms with van der Waals surface area (Å²) in [5, 5.41) is 9.25. The van der Waals surface area contributed by atoms with Crippen LogP contribution in [-0.4, -0.2) is 36.2 Å². The lowest BCUT2D eigenvalue weighted by molar-refractivity contribution is -0.135. The highest BCUT2D eigenvalue weighted by atomic mass is 16.6. The van der Waals surface area contributed by atoms with Gasteiger partial charge >= 0.3 is 12.1 Å². The Morgan fingerprint density at radius 2 is 1.42 bits per heavy atom. The molecule has 0 unspecified atom stereocenters. The number of hydrogen-bond donors (Lipinski definition) is 2. The summed E-state index contributed by atoms with van der Waals surface area (Å²) in [7, 11) is 0. The van der Waals surface area contributed by atoms with Crippen molar-refractivity contribution in [2.24, 2.45) is 5.73 Å². The molecule has 156 valence electrons. The molecule has 1 aliphatic rings. The number of amides is 2. The number of benzene rings is 3. The largest absolute Gasteiger partial charge is 0.480 e. The molecule has 7 nitrogen and oxygen atoms in total. The Morgan fingerprint density at radius 1 is 0.871 bits per heavy atom. The zero-order valence-electron chi connectivity index (χ0n) is 16.5. The summed E-state index contributed by atoms with van der Waals surface area (Å²) >= 11 is 0. The molecule has 0 aliphatic heterocycles. The fourth-order valence-corrected chi connectivity index (χ4v) is 3.87. The van der Waals surface area contributed by atoms with Crippen LogP contribution in [0.25, 0.3) is 11.1 Å². The van der Waals surface area contributed by atoms with Crippen LogP contribution >= 0.6 is 0 Å². The molecule has 3 aromatic rings. The average Bonchev–Trinajstić information content (AvgIpc) is 3.09. The van der Waals surface area contributed by atoms with E-state index in [9.17, 15) is 19.5 Å². The number of fused-ring (bicyclic) bond motifs is 3. The number of rotatable bonds is 6. The molecule has 7 heteroatoms. The van der Waals surface area contributed by atoms with Crippen LogP contribution < -0.4 is 10.6 Å². The van der Waals surface area contributed by atoms with Crippen molar-refractivity contribution in [3.63, 3.8) is 0 Å². The molecule has 3 aromatic carbocycles. The third kappa shape index (κ3) is 3.98. The zero-order valence-corrected chi connectivity index (χ0v) is 16.5. The van der Waals surface area contributed by atoms with Crippen molar-refractivity contribution in [2.45, 2.75) is 5.92 Å². The molecule has 0 aromatic heterocycles. The van der Waals surface area contributed by atoms with E-state index < -0.39 is 24.5 Å². The van der Waals surface area contributed by atoms with Gasteiger partial charge in [0.1, 0.15) is 13.2 Å². The highest BCUT2D eigenvalue weighted by Crippen LogP contribution is 2.44. The number of hydrogen-bond acceptors (Lipinski definition) is 4. The number of anilines is 1. The number of nitrogens with two attached hydrogens (primary N) is 1. The number of ether oxygens (including phenoxy) is 1. The van der Waals surface area contributed by atoms with E-state index in [2.05, 4.69) is 0 Å². The van der Waals surface area contributed by atoms with Gasteiger partial charge in [0.25, 0.3) is 0 Å². The minimum atomic E-state index is -1.19. The Kier molecular flexibility index (Phi) is 5.41. The number of carboxylic acids is 1. The molecule has 4 rings (SSSR count). The molecule has 2 amide bonds. The Morgan fingerprint density at radius 3 is 1.94 bits per heavy atom. The van der Waals surface area contributed by atoms with Crippen LogP contribution in [0.5, 0.6) is 0 Å². The second-order valence-corrected chi connectivity index (χ2v) is 7.20. The third-order valence-corrected chi connectivity index (χ3v) is 5.31. The maximum absolute atomic E-state index is 12.8. The van der Waals surface area contributed by atoms with E-state index in [1.165, 1.54) is 24.3 Å². The van der Waals surface area contributed by atoms with Crippen molar-refractivity contribution < 1.29 is 24.2 Å². The zero-order chi connectivity index (χ0) is 22.0. The molecule has 31 heavy (non-hydrogen) atoms. The van der Waals surface area contributed by atoms with Gasteiger partial charge in [-0.1, -0.05) is 48.5 Å². The lowest BCUT2D eigenvalue weighted by Gasteiger charge is -2.22. The molecule has 0 spiro atoms. The van der Waals surface area contributed by atoms with E-state index in [1.54, 1.807) is 0 Å².